The quantitative estimate of drug-likeness (QED) is 0.845. The minimum atomic E-state index is -0.347. The monoisotopic (exact) mass is 307 g/mol. The molecule has 0 bridgehead atoms. The first kappa shape index (κ1) is 15.8. The zero-order valence-electron chi connectivity index (χ0n) is 12.2. The molecule has 21 heavy (non-hydrogen) atoms. The second kappa shape index (κ2) is 7.43. The van der Waals surface area contributed by atoms with Gasteiger partial charge in [-0.05, 0) is 29.8 Å². The van der Waals surface area contributed by atoms with Gasteiger partial charge in [0.15, 0.2) is 0 Å². The van der Waals surface area contributed by atoms with Gasteiger partial charge in [-0.15, -0.1) is 0 Å². The topological polar surface area (TPSA) is 21.3 Å². The molecule has 4 heteroatoms. The highest BCUT2D eigenvalue weighted by molar-refractivity contribution is 6.30. The van der Waals surface area contributed by atoms with Crippen LogP contribution < -0.4 is 10.1 Å². The van der Waals surface area contributed by atoms with Crippen molar-refractivity contribution in [1.82, 2.24) is 5.32 Å². The van der Waals surface area contributed by atoms with Crippen LogP contribution in [0.2, 0.25) is 5.02 Å². The summed E-state index contributed by atoms with van der Waals surface area (Å²) < 4.78 is 19.3. The number of ether oxygens (including phenoxy) is 1. The molecule has 2 aromatic carbocycles. The lowest BCUT2D eigenvalue weighted by molar-refractivity contribution is 0.299. The molecule has 0 amide bonds. The van der Waals surface area contributed by atoms with Crippen LogP contribution >= 0.6 is 11.6 Å². The lowest BCUT2D eigenvalue weighted by Crippen LogP contribution is -2.21. The van der Waals surface area contributed by atoms with Gasteiger partial charge in [-0.1, -0.05) is 43.6 Å². The van der Waals surface area contributed by atoms with E-state index in [-0.39, 0.29) is 12.4 Å². The SMILES string of the molecule is CC(C)NCc1cccc(OCc2ccc(Cl)cc2F)c1. The van der Waals surface area contributed by atoms with Crippen LogP contribution in [0.1, 0.15) is 25.0 Å². The van der Waals surface area contributed by atoms with Gasteiger partial charge in [-0.25, -0.2) is 4.39 Å². The van der Waals surface area contributed by atoms with E-state index in [0.29, 0.717) is 16.6 Å². The van der Waals surface area contributed by atoms with Gasteiger partial charge < -0.3 is 10.1 Å². The Kier molecular flexibility index (Phi) is 5.59. The fourth-order valence-electron chi connectivity index (χ4n) is 1.87. The highest BCUT2D eigenvalue weighted by Gasteiger charge is 2.04. The third kappa shape index (κ3) is 5.03. The van der Waals surface area contributed by atoms with Gasteiger partial charge in [-0.2, -0.15) is 0 Å². The molecule has 2 rings (SSSR count). The molecule has 0 heterocycles. The summed E-state index contributed by atoms with van der Waals surface area (Å²) in [6, 6.07) is 12.8. The summed E-state index contributed by atoms with van der Waals surface area (Å²) in [6.45, 7) is 5.17. The molecule has 0 saturated heterocycles. The molecule has 112 valence electrons. The van der Waals surface area contributed by atoms with Crippen molar-refractivity contribution in [1.29, 1.82) is 0 Å². The van der Waals surface area contributed by atoms with Crippen molar-refractivity contribution < 1.29 is 9.13 Å². The molecule has 0 aliphatic rings. The number of nitrogens with one attached hydrogen (secondary N) is 1. The third-order valence-electron chi connectivity index (χ3n) is 3.02. The molecule has 2 aromatic rings. The van der Waals surface area contributed by atoms with Gasteiger partial charge in [0, 0.05) is 23.2 Å². The Morgan fingerprint density at radius 1 is 1.19 bits per heavy atom. The van der Waals surface area contributed by atoms with E-state index in [0.717, 1.165) is 17.9 Å². The van der Waals surface area contributed by atoms with E-state index >= 15 is 0 Å². The summed E-state index contributed by atoms with van der Waals surface area (Å²) in [6.07, 6.45) is 0. The Labute approximate surface area is 129 Å². The molecule has 0 radical (unpaired) electrons. The lowest BCUT2D eigenvalue weighted by Gasteiger charge is -2.11. The van der Waals surface area contributed by atoms with E-state index in [1.54, 1.807) is 12.1 Å². The van der Waals surface area contributed by atoms with Gasteiger partial charge >= 0.3 is 0 Å². The fraction of sp³-hybridized carbons (Fsp3) is 0.294. The second-order valence-corrected chi connectivity index (χ2v) is 5.64. The summed E-state index contributed by atoms with van der Waals surface area (Å²) in [5.74, 6) is 0.382. The largest absolute Gasteiger partial charge is 0.489 e. The van der Waals surface area contributed by atoms with Crippen LogP contribution in [0.3, 0.4) is 0 Å². The van der Waals surface area contributed by atoms with E-state index in [2.05, 4.69) is 19.2 Å². The molecular formula is C17H19ClFNO. The lowest BCUT2D eigenvalue weighted by atomic mass is 10.2. The third-order valence-corrected chi connectivity index (χ3v) is 3.26. The van der Waals surface area contributed by atoms with Crippen LogP contribution in [-0.4, -0.2) is 6.04 Å². The first-order valence-electron chi connectivity index (χ1n) is 6.93. The summed E-state index contributed by atoms with van der Waals surface area (Å²) in [4.78, 5) is 0. The molecule has 0 fully saturated rings. The Hall–Kier alpha value is -1.58. The maximum Gasteiger partial charge on any atom is 0.131 e. The van der Waals surface area contributed by atoms with Crippen molar-refractivity contribution in [2.45, 2.75) is 33.0 Å². The molecule has 0 aliphatic carbocycles. The Bertz CT molecular complexity index is 601. The number of hydrogen-bond donors (Lipinski definition) is 1. The van der Waals surface area contributed by atoms with Crippen molar-refractivity contribution >= 4 is 11.6 Å². The normalized spacial score (nSPS) is 10.9. The molecule has 0 saturated carbocycles. The summed E-state index contributed by atoms with van der Waals surface area (Å²) in [5.41, 5.74) is 1.63. The predicted molar refractivity (Wildman–Crippen MR) is 84.2 cm³/mol. The van der Waals surface area contributed by atoms with Crippen LogP contribution in [-0.2, 0) is 13.2 Å². The molecule has 1 N–H and O–H groups in total. The second-order valence-electron chi connectivity index (χ2n) is 5.21. The number of benzene rings is 2. The van der Waals surface area contributed by atoms with Crippen LogP contribution in [0, 0.1) is 5.82 Å². The molecular weight excluding hydrogens is 289 g/mol. The molecule has 0 spiro atoms. The van der Waals surface area contributed by atoms with Crippen LogP contribution in [0.5, 0.6) is 5.75 Å². The van der Waals surface area contributed by atoms with Crippen LogP contribution in [0.15, 0.2) is 42.5 Å². The zero-order valence-corrected chi connectivity index (χ0v) is 13.0. The Morgan fingerprint density at radius 3 is 2.71 bits per heavy atom. The number of hydrogen-bond acceptors (Lipinski definition) is 2. The van der Waals surface area contributed by atoms with Gasteiger partial charge in [0.05, 0.1) is 0 Å². The minimum absolute atomic E-state index is 0.185. The van der Waals surface area contributed by atoms with Crippen molar-refractivity contribution in [3.63, 3.8) is 0 Å². The van der Waals surface area contributed by atoms with Gasteiger partial charge in [0.2, 0.25) is 0 Å². The van der Waals surface area contributed by atoms with Gasteiger partial charge in [0.25, 0.3) is 0 Å². The van der Waals surface area contributed by atoms with Crippen LogP contribution in [0.4, 0.5) is 4.39 Å². The van der Waals surface area contributed by atoms with Crippen LogP contribution in [0.25, 0.3) is 0 Å². The summed E-state index contributed by atoms with van der Waals surface area (Å²) in [7, 11) is 0. The van der Waals surface area contributed by atoms with Crippen molar-refractivity contribution in [2.75, 3.05) is 0 Å². The fourth-order valence-corrected chi connectivity index (χ4v) is 2.03. The van der Waals surface area contributed by atoms with E-state index in [1.807, 2.05) is 24.3 Å². The van der Waals surface area contributed by atoms with E-state index in [1.165, 1.54) is 6.07 Å². The van der Waals surface area contributed by atoms with Crippen molar-refractivity contribution in [3.8, 4) is 5.75 Å². The summed E-state index contributed by atoms with van der Waals surface area (Å²) in [5, 5.41) is 3.73. The zero-order chi connectivity index (χ0) is 15.2. The molecule has 0 aliphatic heterocycles. The number of rotatable bonds is 6. The Balaban J connectivity index is 1.98. The highest BCUT2D eigenvalue weighted by atomic mass is 35.5. The standard InChI is InChI=1S/C17H19ClFNO/c1-12(2)20-10-13-4-3-5-16(8-13)21-11-14-6-7-15(18)9-17(14)19/h3-9,12,20H,10-11H2,1-2H3. The van der Waals surface area contributed by atoms with Crippen molar-refractivity contribution in [2.24, 2.45) is 0 Å². The van der Waals surface area contributed by atoms with E-state index in [9.17, 15) is 4.39 Å². The summed E-state index contributed by atoms with van der Waals surface area (Å²) >= 11 is 5.73. The van der Waals surface area contributed by atoms with E-state index < -0.39 is 0 Å². The average molecular weight is 308 g/mol. The minimum Gasteiger partial charge on any atom is -0.489 e. The average Bonchev–Trinajstić information content (AvgIpc) is 2.45. The van der Waals surface area contributed by atoms with Gasteiger partial charge in [-0.3, -0.25) is 0 Å². The molecule has 0 aromatic heterocycles. The predicted octanol–water partition coefficient (Wildman–Crippen LogP) is 4.56. The molecule has 2 nitrogen and oxygen atoms in total. The highest BCUT2D eigenvalue weighted by Crippen LogP contribution is 2.18. The first-order chi connectivity index (χ1) is 10.0. The van der Waals surface area contributed by atoms with E-state index in [4.69, 9.17) is 16.3 Å². The maximum atomic E-state index is 13.7. The first-order valence-corrected chi connectivity index (χ1v) is 7.31. The number of halogens is 2. The van der Waals surface area contributed by atoms with Crippen molar-refractivity contribution in [3.05, 3.63) is 64.4 Å². The maximum absolute atomic E-state index is 13.7. The van der Waals surface area contributed by atoms with Gasteiger partial charge in [0.1, 0.15) is 18.2 Å². The molecule has 0 unspecified atom stereocenters. The smallest absolute Gasteiger partial charge is 0.131 e. The molecule has 0 atom stereocenters. The Morgan fingerprint density at radius 2 is 2.00 bits per heavy atom.